The number of likely N-dealkylation sites (N-methyl/N-ethyl adjacent to an activating group) is 1. The number of phenolic OH excluding ortho intramolecular Hbond substituents is 1. The first-order valence-corrected chi connectivity index (χ1v) is 14.9. The summed E-state index contributed by atoms with van der Waals surface area (Å²) in [5.74, 6) is 1.41. The van der Waals surface area contributed by atoms with E-state index >= 15 is 4.39 Å². The van der Waals surface area contributed by atoms with E-state index < -0.39 is 11.6 Å². The van der Waals surface area contributed by atoms with Gasteiger partial charge in [0.15, 0.2) is 5.82 Å². The van der Waals surface area contributed by atoms with Gasteiger partial charge in [0.1, 0.15) is 35.2 Å². The maximum Gasteiger partial charge on any atom is 0.319 e. The van der Waals surface area contributed by atoms with Gasteiger partial charge in [-0.1, -0.05) is 25.8 Å². The summed E-state index contributed by atoms with van der Waals surface area (Å²) in [6, 6.07) is 5.60. The molecule has 43 heavy (non-hydrogen) atoms. The minimum Gasteiger partial charge on any atom is -0.508 e. The standard InChI is InChI=1S/C33H35F2N5O3/c1-4-23-26(34)10-9-21-17-22(41)18-24(27(21)23)29-28(35)30-25(19-36-29)31(39-12-8-15-42-16-14-39)38-32(37-30)43-20-33(5-2)11-7-13-40(33)6-3/h1,9-10,17-19,41H,5-8,11-16,20H2,2-3H3. The van der Waals surface area contributed by atoms with Crippen molar-refractivity contribution < 1.29 is 23.4 Å². The fourth-order valence-corrected chi connectivity index (χ4v) is 6.58. The number of benzene rings is 2. The van der Waals surface area contributed by atoms with Gasteiger partial charge in [-0.25, -0.2) is 8.78 Å². The van der Waals surface area contributed by atoms with Crippen molar-refractivity contribution >= 4 is 27.5 Å². The van der Waals surface area contributed by atoms with Gasteiger partial charge in [0.2, 0.25) is 0 Å². The molecule has 0 bridgehead atoms. The third-order valence-corrected chi connectivity index (χ3v) is 8.87. The molecule has 0 amide bonds. The number of aromatic hydroxyl groups is 1. The summed E-state index contributed by atoms with van der Waals surface area (Å²) in [4.78, 5) is 18.3. The van der Waals surface area contributed by atoms with Crippen LogP contribution in [0.25, 0.3) is 32.9 Å². The van der Waals surface area contributed by atoms with E-state index in [1.807, 2.05) is 4.90 Å². The average molecular weight is 588 g/mol. The summed E-state index contributed by atoms with van der Waals surface area (Å²) in [5, 5.41) is 11.7. The van der Waals surface area contributed by atoms with Crippen LogP contribution in [0.1, 0.15) is 45.1 Å². The molecule has 4 aromatic rings. The summed E-state index contributed by atoms with van der Waals surface area (Å²) in [7, 11) is 0. The van der Waals surface area contributed by atoms with E-state index in [4.69, 9.17) is 20.9 Å². The molecule has 2 aromatic carbocycles. The van der Waals surface area contributed by atoms with Crippen molar-refractivity contribution in [1.29, 1.82) is 0 Å². The van der Waals surface area contributed by atoms with Crippen molar-refractivity contribution in [3.63, 3.8) is 0 Å². The Morgan fingerprint density at radius 1 is 1.12 bits per heavy atom. The lowest BCUT2D eigenvalue weighted by Crippen LogP contribution is -2.48. The number of nitrogens with zero attached hydrogens (tertiary/aromatic N) is 5. The molecule has 0 aliphatic carbocycles. The Morgan fingerprint density at radius 2 is 1.98 bits per heavy atom. The molecule has 2 aliphatic rings. The monoisotopic (exact) mass is 587 g/mol. The van der Waals surface area contributed by atoms with E-state index in [1.165, 1.54) is 30.5 Å². The van der Waals surface area contributed by atoms with Crippen LogP contribution >= 0.6 is 0 Å². The van der Waals surface area contributed by atoms with Gasteiger partial charge in [-0.15, -0.1) is 6.42 Å². The minimum absolute atomic E-state index is 0.0228. The van der Waals surface area contributed by atoms with Crippen molar-refractivity contribution in [2.45, 2.75) is 45.1 Å². The molecule has 1 atom stereocenters. The SMILES string of the molecule is C#Cc1c(F)ccc2cc(O)cc(-c3ncc4c(N5CCCOCC5)nc(OCC5(CC)CCCN5CC)nc4c3F)c12. The van der Waals surface area contributed by atoms with Crippen LogP contribution in [-0.2, 0) is 4.74 Å². The van der Waals surface area contributed by atoms with Gasteiger partial charge in [0.25, 0.3) is 0 Å². The zero-order chi connectivity index (χ0) is 30.1. The minimum atomic E-state index is -0.738. The molecule has 10 heteroatoms. The topological polar surface area (TPSA) is 83.8 Å². The highest BCUT2D eigenvalue weighted by Gasteiger charge is 2.39. The Morgan fingerprint density at radius 3 is 2.77 bits per heavy atom. The van der Waals surface area contributed by atoms with Gasteiger partial charge in [0, 0.05) is 36.8 Å². The van der Waals surface area contributed by atoms with Crippen LogP contribution in [-0.4, -0.2) is 76.5 Å². The van der Waals surface area contributed by atoms with Crippen LogP contribution in [0.3, 0.4) is 0 Å². The predicted octanol–water partition coefficient (Wildman–Crippen LogP) is 5.68. The number of ether oxygens (including phenoxy) is 2. The lowest BCUT2D eigenvalue weighted by Gasteiger charge is -2.36. The normalized spacial score (nSPS) is 19.6. The fraction of sp³-hybridized carbons (Fsp3) is 0.424. The molecule has 2 fully saturated rings. The first kappa shape index (κ1) is 29.0. The largest absolute Gasteiger partial charge is 0.508 e. The van der Waals surface area contributed by atoms with Crippen molar-refractivity contribution in [2.24, 2.45) is 0 Å². The Balaban J connectivity index is 1.52. The van der Waals surface area contributed by atoms with Crippen molar-refractivity contribution in [3.05, 3.63) is 47.7 Å². The highest BCUT2D eigenvalue weighted by atomic mass is 19.1. The second-order valence-corrected chi connectivity index (χ2v) is 11.2. The first-order valence-electron chi connectivity index (χ1n) is 14.9. The van der Waals surface area contributed by atoms with Crippen LogP contribution in [0.4, 0.5) is 14.6 Å². The fourth-order valence-electron chi connectivity index (χ4n) is 6.58. The Kier molecular flexibility index (Phi) is 8.03. The van der Waals surface area contributed by atoms with Gasteiger partial charge in [-0.3, -0.25) is 9.88 Å². The number of terminal acetylenes is 1. The number of phenols is 1. The number of hydrogen-bond acceptors (Lipinski definition) is 8. The summed E-state index contributed by atoms with van der Waals surface area (Å²) < 4.78 is 43.4. The van der Waals surface area contributed by atoms with Crippen LogP contribution in [0.5, 0.6) is 11.8 Å². The molecule has 1 N–H and O–H groups in total. The number of likely N-dealkylation sites (tertiary alicyclic amines) is 1. The molecular formula is C33H35F2N5O3. The molecule has 224 valence electrons. The third kappa shape index (κ3) is 5.21. The van der Waals surface area contributed by atoms with Crippen molar-refractivity contribution in [2.75, 3.05) is 50.9 Å². The third-order valence-electron chi connectivity index (χ3n) is 8.87. The van der Waals surface area contributed by atoms with Crippen LogP contribution in [0, 0.1) is 24.0 Å². The van der Waals surface area contributed by atoms with Gasteiger partial charge in [0.05, 0.1) is 23.1 Å². The maximum atomic E-state index is 16.7. The molecule has 0 radical (unpaired) electrons. The molecule has 6 rings (SSSR count). The number of aromatic nitrogens is 3. The molecule has 2 saturated heterocycles. The zero-order valence-electron chi connectivity index (χ0n) is 24.5. The summed E-state index contributed by atoms with van der Waals surface area (Å²) >= 11 is 0. The predicted molar refractivity (Wildman–Crippen MR) is 162 cm³/mol. The Labute approximate surface area is 249 Å². The van der Waals surface area contributed by atoms with Gasteiger partial charge in [-0.05, 0) is 62.4 Å². The van der Waals surface area contributed by atoms with E-state index in [0.717, 1.165) is 38.8 Å². The molecule has 8 nitrogen and oxygen atoms in total. The Hall–Kier alpha value is -4.07. The molecule has 2 aromatic heterocycles. The molecule has 1 unspecified atom stereocenters. The zero-order valence-corrected chi connectivity index (χ0v) is 24.5. The second kappa shape index (κ2) is 11.9. The maximum absolute atomic E-state index is 16.7. The van der Waals surface area contributed by atoms with E-state index in [9.17, 15) is 9.50 Å². The Bertz CT molecular complexity index is 1720. The highest BCUT2D eigenvalue weighted by molar-refractivity contribution is 6.03. The number of hydrogen-bond donors (Lipinski definition) is 1. The van der Waals surface area contributed by atoms with E-state index in [2.05, 4.69) is 34.6 Å². The molecule has 0 saturated carbocycles. The summed E-state index contributed by atoms with van der Waals surface area (Å²) in [6.07, 6.45) is 11.0. The average Bonchev–Trinajstić information content (AvgIpc) is 3.24. The lowest BCUT2D eigenvalue weighted by molar-refractivity contribution is 0.0717. The highest BCUT2D eigenvalue weighted by Crippen LogP contribution is 2.39. The molecule has 0 spiro atoms. The van der Waals surface area contributed by atoms with E-state index in [-0.39, 0.29) is 45.0 Å². The van der Waals surface area contributed by atoms with Gasteiger partial charge in [-0.2, -0.15) is 9.97 Å². The molecular weight excluding hydrogens is 552 g/mol. The van der Waals surface area contributed by atoms with Crippen LogP contribution in [0.2, 0.25) is 0 Å². The quantitative estimate of drug-likeness (QED) is 0.277. The molecule has 4 heterocycles. The number of halogens is 2. The first-order chi connectivity index (χ1) is 20.9. The second-order valence-electron chi connectivity index (χ2n) is 11.2. The van der Waals surface area contributed by atoms with Gasteiger partial charge >= 0.3 is 6.01 Å². The van der Waals surface area contributed by atoms with Crippen molar-refractivity contribution in [3.8, 4) is 35.4 Å². The summed E-state index contributed by atoms with van der Waals surface area (Å²) in [5.41, 5.74) is -0.0883. The summed E-state index contributed by atoms with van der Waals surface area (Å²) in [6.45, 7) is 8.98. The number of pyridine rings is 1. The van der Waals surface area contributed by atoms with Gasteiger partial charge < -0.3 is 19.5 Å². The number of fused-ring (bicyclic) bond motifs is 2. The molecule has 2 aliphatic heterocycles. The smallest absolute Gasteiger partial charge is 0.319 e. The van der Waals surface area contributed by atoms with Crippen LogP contribution < -0.4 is 9.64 Å². The van der Waals surface area contributed by atoms with Crippen LogP contribution in [0.15, 0.2) is 30.5 Å². The van der Waals surface area contributed by atoms with E-state index in [0.29, 0.717) is 49.5 Å². The van der Waals surface area contributed by atoms with Crippen molar-refractivity contribution in [1.82, 2.24) is 19.9 Å². The number of rotatable bonds is 7. The number of anilines is 1. The van der Waals surface area contributed by atoms with E-state index in [1.54, 1.807) is 0 Å². The lowest BCUT2D eigenvalue weighted by atomic mass is 9.94.